The van der Waals surface area contributed by atoms with Crippen LogP contribution in [0.1, 0.15) is 55.1 Å². The summed E-state index contributed by atoms with van der Waals surface area (Å²) in [7, 11) is 0. The van der Waals surface area contributed by atoms with Crippen molar-refractivity contribution in [2.75, 3.05) is 6.54 Å². The van der Waals surface area contributed by atoms with E-state index in [0.717, 1.165) is 24.0 Å². The Hall–Kier alpha value is -1.79. The van der Waals surface area contributed by atoms with Gasteiger partial charge in [-0.25, -0.2) is 0 Å². The summed E-state index contributed by atoms with van der Waals surface area (Å²) in [5.41, 5.74) is 7.97. The van der Waals surface area contributed by atoms with Gasteiger partial charge in [0.15, 0.2) is 0 Å². The van der Waals surface area contributed by atoms with Crippen molar-refractivity contribution in [1.29, 1.82) is 0 Å². The molecule has 1 amide bonds. The minimum Gasteiger partial charge on any atom is -0.350 e. The van der Waals surface area contributed by atoms with Gasteiger partial charge in [0.25, 0.3) is 5.91 Å². The van der Waals surface area contributed by atoms with E-state index in [0.29, 0.717) is 18.0 Å². The van der Waals surface area contributed by atoms with Crippen molar-refractivity contribution in [3.63, 3.8) is 0 Å². The summed E-state index contributed by atoms with van der Waals surface area (Å²) in [5, 5.41) is 3.05. The maximum atomic E-state index is 12.2. The number of nitrogens with two attached hydrogens (primary N) is 1. The van der Waals surface area contributed by atoms with Gasteiger partial charge in [-0.05, 0) is 56.4 Å². The number of carbonyl (C=O) groups is 1. The number of benzene rings is 1. The first-order chi connectivity index (χ1) is 9.93. The van der Waals surface area contributed by atoms with Gasteiger partial charge in [0, 0.05) is 17.2 Å². The molecule has 21 heavy (non-hydrogen) atoms. The fourth-order valence-corrected chi connectivity index (χ4v) is 2.05. The summed E-state index contributed by atoms with van der Waals surface area (Å²) in [6.07, 6.45) is 2.12. The molecule has 0 saturated heterocycles. The Morgan fingerprint density at radius 3 is 2.57 bits per heavy atom. The maximum absolute atomic E-state index is 12.2. The van der Waals surface area contributed by atoms with Crippen molar-refractivity contribution in [1.82, 2.24) is 5.32 Å². The Bertz CT molecular complexity index is 538. The molecular formula is C18H26N2O. The van der Waals surface area contributed by atoms with Crippen LogP contribution in [0.5, 0.6) is 0 Å². The van der Waals surface area contributed by atoms with Crippen LogP contribution in [0, 0.1) is 24.7 Å². The molecule has 1 aromatic rings. The number of nitrogens with one attached hydrogen (secondary N) is 1. The van der Waals surface area contributed by atoms with Crippen LogP contribution in [-0.4, -0.2) is 18.5 Å². The van der Waals surface area contributed by atoms with Gasteiger partial charge < -0.3 is 11.1 Å². The highest BCUT2D eigenvalue weighted by Crippen LogP contribution is 2.11. The third kappa shape index (κ3) is 6.01. The summed E-state index contributed by atoms with van der Waals surface area (Å²) in [5.74, 6) is 6.47. The van der Waals surface area contributed by atoms with Gasteiger partial charge in [-0.1, -0.05) is 25.7 Å². The highest BCUT2D eigenvalue weighted by Gasteiger charge is 2.11. The SMILES string of the molecule is Cc1cc(C(=O)NC(C)CCC(C)C)ccc1C#CCN. The van der Waals surface area contributed by atoms with Gasteiger partial charge in [-0.15, -0.1) is 0 Å². The van der Waals surface area contributed by atoms with Crippen molar-refractivity contribution in [3.8, 4) is 11.8 Å². The van der Waals surface area contributed by atoms with E-state index in [1.54, 1.807) is 0 Å². The average Bonchev–Trinajstić information content (AvgIpc) is 2.43. The minimum absolute atomic E-state index is 0.0207. The number of rotatable bonds is 5. The molecule has 0 bridgehead atoms. The standard InChI is InChI=1S/C18H26N2O/c1-13(2)7-8-15(4)20-18(21)17-10-9-16(6-5-11-19)14(3)12-17/h9-10,12-13,15H,7-8,11,19H2,1-4H3,(H,20,21). The van der Waals surface area contributed by atoms with Gasteiger partial charge in [0.2, 0.25) is 0 Å². The zero-order valence-corrected chi connectivity index (χ0v) is 13.5. The van der Waals surface area contributed by atoms with Gasteiger partial charge >= 0.3 is 0 Å². The minimum atomic E-state index is -0.0207. The maximum Gasteiger partial charge on any atom is 0.251 e. The molecule has 1 unspecified atom stereocenters. The molecule has 0 saturated carbocycles. The Balaban J connectivity index is 2.68. The predicted octanol–water partition coefficient (Wildman–Crippen LogP) is 2.86. The summed E-state index contributed by atoms with van der Waals surface area (Å²) < 4.78 is 0. The molecule has 0 aliphatic heterocycles. The van der Waals surface area contributed by atoms with Crippen molar-refractivity contribution in [2.45, 2.75) is 46.6 Å². The molecule has 0 radical (unpaired) electrons. The molecule has 1 atom stereocenters. The highest BCUT2D eigenvalue weighted by atomic mass is 16.1. The zero-order valence-electron chi connectivity index (χ0n) is 13.5. The van der Waals surface area contributed by atoms with E-state index in [1.165, 1.54) is 0 Å². The first-order valence-corrected chi connectivity index (χ1v) is 7.54. The van der Waals surface area contributed by atoms with Crippen molar-refractivity contribution in [2.24, 2.45) is 11.7 Å². The summed E-state index contributed by atoms with van der Waals surface area (Å²) >= 11 is 0. The third-order valence-corrected chi connectivity index (χ3v) is 3.37. The van der Waals surface area contributed by atoms with Crippen LogP contribution < -0.4 is 11.1 Å². The fraction of sp³-hybridized carbons (Fsp3) is 0.500. The van der Waals surface area contributed by atoms with Gasteiger partial charge in [0.1, 0.15) is 0 Å². The van der Waals surface area contributed by atoms with Crippen LogP contribution in [0.4, 0.5) is 0 Å². The van der Waals surface area contributed by atoms with Crippen molar-refractivity contribution >= 4 is 5.91 Å². The van der Waals surface area contributed by atoms with E-state index in [-0.39, 0.29) is 11.9 Å². The van der Waals surface area contributed by atoms with E-state index in [4.69, 9.17) is 5.73 Å². The molecule has 1 aromatic carbocycles. The highest BCUT2D eigenvalue weighted by molar-refractivity contribution is 5.94. The number of hydrogen-bond donors (Lipinski definition) is 2. The first-order valence-electron chi connectivity index (χ1n) is 7.54. The molecule has 114 valence electrons. The normalized spacial score (nSPS) is 11.7. The number of amides is 1. The quantitative estimate of drug-likeness (QED) is 0.818. The van der Waals surface area contributed by atoms with Gasteiger partial charge in [0.05, 0.1) is 6.54 Å². The second kappa shape index (κ2) is 8.49. The molecular weight excluding hydrogens is 260 g/mol. The number of carbonyl (C=O) groups excluding carboxylic acids is 1. The van der Waals surface area contributed by atoms with E-state index in [1.807, 2.05) is 32.0 Å². The lowest BCUT2D eigenvalue weighted by Crippen LogP contribution is -2.32. The first kappa shape index (κ1) is 17.3. The number of aryl methyl sites for hydroxylation is 1. The lowest BCUT2D eigenvalue weighted by Gasteiger charge is -2.15. The second-order valence-electron chi connectivity index (χ2n) is 5.88. The Morgan fingerprint density at radius 2 is 2.00 bits per heavy atom. The molecule has 0 aliphatic carbocycles. The van der Waals surface area contributed by atoms with Crippen LogP contribution in [0.25, 0.3) is 0 Å². The van der Waals surface area contributed by atoms with E-state index < -0.39 is 0 Å². The number of hydrogen-bond acceptors (Lipinski definition) is 2. The fourth-order valence-electron chi connectivity index (χ4n) is 2.05. The Morgan fingerprint density at radius 1 is 1.29 bits per heavy atom. The van der Waals surface area contributed by atoms with Crippen molar-refractivity contribution in [3.05, 3.63) is 34.9 Å². The smallest absolute Gasteiger partial charge is 0.251 e. The summed E-state index contributed by atoms with van der Waals surface area (Å²) in [4.78, 5) is 12.2. The molecule has 3 heteroatoms. The van der Waals surface area contributed by atoms with E-state index in [2.05, 4.69) is 31.0 Å². The molecule has 0 fully saturated rings. The second-order valence-corrected chi connectivity index (χ2v) is 5.88. The lowest BCUT2D eigenvalue weighted by atomic mass is 10.0. The zero-order chi connectivity index (χ0) is 15.8. The van der Waals surface area contributed by atoms with E-state index >= 15 is 0 Å². The van der Waals surface area contributed by atoms with Crippen molar-refractivity contribution < 1.29 is 4.79 Å². The van der Waals surface area contributed by atoms with Crippen LogP contribution in [0.15, 0.2) is 18.2 Å². The van der Waals surface area contributed by atoms with Gasteiger partial charge in [-0.2, -0.15) is 0 Å². The molecule has 1 rings (SSSR count). The van der Waals surface area contributed by atoms with Crippen LogP contribution in [-0.2, 0) is 0 Å². The molecule has 3 N–H and O–H groups in total. The third-order valence-electron chi connectivity index (χ3n) is 3.37. The Labute approximate surface area is 128 Å². The Kier molecular flexibility index (Phi) is 6.98. The molecule has 0 heterocycles. The van der Waals surface area contributed by atoms with Crippen LogP contribution in [0.2, 0.25) is 0 Å². The summed E-state index contributed by atoms with van der Waals surface area (Å²) in [6.45, 7) is 8.74. The predicted molar refractivity (Wildman–Crippen MR) is 88.1 cm³/mol. The monoisotopic (exact) mass is 286 g/mol. The van der Waals surface area contributed by atoms with E-state index in [9.17, 15) is 4.79 Å². The van der Waals surface area contributed by atoms with Crippen LogP contribution in [0.3, 0.4) is 0 Å². The molecule has 0 aromatic heterocycles. The average molecular weight is 286 g/mol. The molecule has 3 nitrogen and oxygen atoms in total. The lowest BCUT2D eigenvalue weighted by molar-refractivity contribution is 0.0937. The van der Waals surface area contributed by atoms with Crippen LogP contribution >= 0.6 is 0 Å². The van der Waals surface area contributed by atoms with Gasteiger partial charge in [-0.3, -0.25) is 4.79 Å². The topological polar surface area (TPSA) is 55.1 Å². The summed E-state index contributed by atoms with van der Waals surface area (Å²) in [6, 6.07) is 5.77. The molecule has 0 spiro atoms. The largest absolute Gasteiger partial charge is 0.350 e. The molecule has 0 aliphatic rings.